The van der Waals surface area contributed by atoms with Gasteiger partial charge < -0.3 is 20.3 Å². The van der Waals surface area contributed by atoms with E-state index in [2.05, 4.69) is 4.72 Å². The van der Waals surface area contributed by atoms with Gasteiger partial charge in [0, 0.05) is 11.2 Å². The zero-order valence-electron chi connectivity index (χ0n) is 16.5. The van der Waals surface area contributed by atoms with Crippen molar-refractivity contribution in [3.63, 3.8) is 0 Å². The van der Waals surface area contributed by atoms with Crippen molar-refractivity contribution in [1.82, 2.24) is 0 Å². The number of benzene rings is 2. The molecule has 0 saturated heterocycles. The van der Waals surface area contributed by atoms with Gasteiger partial charge in [0.2, 0.25) is 10.0 Å². The molecule has 0 heterocycles. The summed E-state index contributed by atoms with van der Waals surface area (Å²) in [5.74, 6) is -0.177. The molecule has 0 spiro atoms. The molecule has 0 radical (unpaired) electrons. The first kappa shape index (κ1) is 24.1. The van der Waals surface area contributed by atoms with Crippen LogP contribution in [0.5, 0.6) is 0 Å². The Hall–Kier alpha value is -1.91. The molecule has 0 bridgehead atoms. The number of sulfonamides is 1. The summed E-state index contributed by atoms with van der Waals surface area (Å²) in [7, 11) is -5.35. The van der Waals surface area contributed by atoms with E-state index in [1.165, 1.54) is 12.1 Å². The lowest BCUT2D eigenvalue weighted by molar-refractivity contribution is -0.107. The fourth-order valence-electron chi connectivity index (χ4n) is 1.81. The lowest BCUT2D eigenvalue weighted by Crippen LogP contribution is -2.44. The van der Waals surface area contributed by atoms with E-state index in [1.807, 2.05) is 0 Å². The molecule has 2 aromatic rings. The SMILES string of the molecule is CC(C)(O)C(C)(C)O.O=S(=O)(Cc1ccccc1)Nc1ccccc1B(O)O. The van der Waals surface area contributed by atoms with E-state index in [9.17, 15) is 18.5 Å². The molecule has 154 valence electrons. The van der Waals surface area contributed by atoms with Crippen LogP contribution in [0.4, 0.5) is 5.69 Å². The maximum atomic E-state index is 12.1. The standard InChI is InChI=1S/C13H14BNO4S.C6H14O2/c16-14(17)12-8-4-5-9-13(12)15-20(18,19)10-11-6-2-1-3-7-11;1-5(2,7)6(3,4)8/h1-9,15-17H,10H2;7-8H,1-4H3. The number of rotatable bonds is 6. The Labute approximate surface area is 166 Å². The first-order valence-electron chi connectivity index (χ1n) is 8.67. The topological polar surface area (TPSA) is 127 Å². The normalized spacial score (nSPS) is 12.0. The minimum atomic E-state index is -3.62. The Kier molecular flexibility index (Phi) is 8.22. The number of para-hydroxylation sites is 1. The van der Waals surface area contributed by atoms with Crippen LogP contribution in [0.1, 0.15) is 33.3 Å². The van der Waals surface area contributed by atoms with Crippen LogP contribution in [0.3, 0.4) is 0 Å². The zero-order chi connectivity index (χ0) is 21.6. The zero-order valence-corrected chi connectivity index (χ0v) is 17.3. The van der Waals surface area contributed by atoms with Gasteiger partial charge >= 0.3 is 7.12 Å². The van der Waals surface area contributed by atoms with Crippen LogP contribution in [0, 0.1) is 0 Å². The van der Waals surface area contributed by atoms with Crippen molar-refractivity contribution in [3.8, 4) is 0 Å². The third kappa shape index (κ3) is 7.99. The van der Waals surface area contributed by atoms with Crippen molar-refractivity contribution in [2.45, 2.75) is 44.6 Å². The van der Waals surface area contributed by atoms with Gasteiger partial charge in [-0.15, -0.1) is 0 Å². The maximum Gasteiger partial charge on any atom is 0.490 e. The fraction of sp³-hybridized carbons (Fsp3) is 0.368. The predicted octanol–water partition coefficient (Wildman–Crippen LogP) is 0.836. The Balaban J connectivity index is 0.000000416. The Morgan fingerprint density at radius 2 is 1.32 bits per heavy atom. The minimum absolute atomic E-state index is 0.115. The first-order valence-corrected chi connectivity index (χ1v) is 10.3. The molecule has 0 saturated carbocycles. The van der Waals surface area contributed by atoms with Crippen LogP contribution in [-0.2, 0) is 15.8 Å². The number of hydrogen-bond donors (Lipinski definition) is 5. The van der Waals surface area contributed by atoms with Gasteiger partial charge in [-0.1, -0.05) is 48.5 Å². The predicted molar refractivity (Wildman–Crippen MR) is 112 cm³/mol. The Morgan fingerprint density at radius 1 is 0.857 bits per heavy atom. The second kappa shape index (κ2) is 9.53. The number of hydrogen-bond acceptors (Lipinski definition) is 6. The van der Waals surface area contributed by atoms with E-state index in [1.54, 1.807) is 70.2 Å². The molecule has 0 unspecified atom stereocenters. The van der Waals surface area contributed by atoms with Gasteiger partial charge in [0.15, 0.2) is 0 Å². The second-order valence-corrected chi connectivity index (χ2v) is 9.15. The van der Waals surface area contributed by atoms with Gasteiger partial charge in [0.1, 0.15) is 0 Å². The number of aliphatic hydroxyl groups is 2. The summed E-state index contributed by atoms with van der Waals surface area (Å²) in [5, 5.41) is 36.6. The van der Waals surface area contributed by atoms with Crippen LogP contribution >= 0.6 is 0 Å². The largest absolute Gasteiger partial charge is 0.490 e. The number of anilines is 1. The Morgan fingerprint density at radius 3 is 1.79 bits per heavy atom. The van der Waals surface area contributed by atoms with Gasteiger partial charge in [-0.2, -0.15) is 0 Å². The first-order chi connectivity index (χ1) is 12.7. The molecule has 2 aromatic carbocycles. The van der Waals surface area contributed by atoms with Crippen molar-refractivity contribution in [2.75, 3.05) is 4.72 Å². The lowest BCUT2D eigenvalue weighted by atomic mass is 9.79. The minimum Gasteiger partial charge on any atom is -0.423 e. The summed E-state index contributed by atoms with van der Waals surface area (Å²) < 4.78 is 26.5. The third-order valence-corrected chi connectivity index (χ3v) is 5.45. The van der Waals surface area contributed by atoms with Crippen LogP contribution in [-0.4, -0.2) is 47.0 Å². The van der Waals surface area contributed by atoms with Crippen molar-refractivity contribution in [2.24, 2.45) is 0 Å². The van der Waals surface area contributed by atoms with Gasteiger partial charge in [-0.05, 0) is 39.3 Å². The fourth-order valence-corrected chi connectivity index (χ4v) is 3.04. The van der Waals surface area contributed by atoms with Gasteiger partial charge in [-0.3, -0.25) is 4.72 Å². The van der Waals surface area contributed by atoms with E-state index < -0.39 is 28.3 Å². The highest BCUT2D eigenvalue weighted by Crippen LogP contribution is 2.19. The van der Waals surface area contributed by atoms with E-state index in [4.69, 9.17) is 10.2 Å². The molecule has 7 nitrogen and oxygen atoms in total. The van der Waals surface area contributed by atoms with E-state index >= 15 is 0 Å². The second-order valence-electron chi connectivity index (χ2n) is 7.43. The molecule has 0 aliphatic heterocycles. The molecule has 0 atom stereocenters. The van der Waals surface area contributed by atoms with Crippen LogP contribution in [0.2, 0.25) is 0 Å². The summed E-state index contributed by atoms with van der Waals surface area (Å²) >= 11 is 0. The molecule has 0 aliphatic carbocycles. The quantitative estimate of drug-likeness (QED) is 0.450. The van der Waals surface area contributed by atoms with Gasteiger partial charge in [-0.25, -0.2) is 8.42 Å². The molecular weight excluding hydrogens is 381 g/mol. The van der Waals surface area contributed by atoms with Crippen LogP contribution in [0.15, 0.2) is 54.6 Å². The summed E-state index contributed by atoms with van der Waals surface area (Å²) in [6.45, 7) is 6.31. The molecule has 5 N–H and O–H groups in total. The molecule has 0 aromatic heterocycles. The lowest BCUT2D eigenvalue weighted by Gasteiger charge is -2.31. The van der Waals surface area contributed by atoms with E-state index in [0.29, 0.717) is 5.56 Å². The van der Waals surface area contributed by atoms with Crippen molar-refractivity contribution < 1.29 is 28.7 Å². The third-order valence-electron chi connectivity index (χ3n) is 4.20. The van der Waals surface area contributed by atoms with Crippen molar-refractivity contribution >= 4 is 28.3 Å². The highest BCUT2D eigenvalue weighted by molar-refractivity contribution is 7.91. The monoisotopic (exact) mass is 409 g/mol. The smallest absolute Gasteiger partial charge is 0.423 e. The molecule has 0 aliphatic rings. The molecule has 9 heteroatoms. The molecular formula is C19H28BNO6S. The van der Waals surface area contributed by atoms with E-state index in [-0.39, 0.29) is 16.9 Å². The van der Waals surface area contributed by atoms with Crippen molar-refractivity contribution in [3.05, 3.63) is 60.2 Å². The van der Waals surface area contributed by atoms with Gasteiger partial charge in [0.05, 0.1) is 17.0 Å². The average molecular weight is 409 g/mol. The van der Waals surface area contributed by atoms with E-state index in [0.717, 1.165) is 0 Å². The van der Waals surface area contributed by atoms with Crippen molar-refractivity contribution in [1.29, 1.82) is 0 Å². The summed E-state index contributed by atoms with van der Waals surface area (Å²) in [6, 6.07) is 14.9. The summed E-state index contributed by atoms with van der Waals surface area (Å²) in [4.78, 5) is 0. The van der Waals surface area contributed by atoms with Crippen LogP contribution < -0.4 is 10.2 Å². The molecule has 28 heavy (non-hydrogen) atoms. The average Bonchev–Trinajstić information content (AvgIpc) is 2.54. The highest BCUT2D eigenvalue weighted by Gasteiger charge is 2.31. The summed E-state index contributed by atoms with van der Waals surface area (Å²) in [5.41, 5.74) is -1.08. The molecule has 0 amide bonds. The maximum absolute atomic E-state index is 12.1. The van der Waals surface area contributed by atoms with Crippen LogP contribution in [0.25, 0.3) is 0 Å². The summed E-state index contributed by atoms with van der Waals surface area (Å²) in [6.07, 6.45) is 0. The number of nitrogens with one attached hydrogen (secondary N) is 1. The molecule has 2 rings (SSSR count). The van der Waals surface area contributed by atoms with Gasteiger partial charge in [0.25, 0.3) is 0 Å². The highest BCUT2D eigenvalue weighted by atomic mass is 32.2. The Bertz CT molecular complexity index is 831. The molecule has 0 fully saturated rings.